The number of likely N-dealkylation sites (N-methyl/N-ethyl adjacent to an activating group) is 1. The van der Waals surface area contributed by atoms with Gasteiger partial charge in [-0.3, -0.25) is 9.59 Å². The summed E-state index contributed by atoms with van der Waals surface area (Å²) in [4.78, 5) is 32.0. The van der Waals surface area contributed by atoms with Crippen molar-refractivity contribution in [2.75, 3.05) is 25.5 Å². The third-order valence-corrected chi connectivity index (χ3v) is 4.97. The van der Waals surface area contributed by atoms with Gasteiger partial charge in [0.15, 0.2) is 5.13 Å². The lowest BCUT2D eigenvalue weighted by atomic mass is 10.1. The lowest BCUT2D eigenvalue weighted by Crippen LogP contribution is -2.33. The highest BCUT2D eigenvalue weighted by Gasteiger charge is 2.19. The minimum absolute atomic E-state index is 0.0721. The third-order valence-electron chi connectivity index (χ3n) is 3.97. The summed E-state index contributed by atoms with van der Waals surface area (Å²) in [5.74, 6) is -0.514. The van der Waals surface area contributed by atoms with E-state index < -0.39 is 0 Å². The van der Waals surface area contributed by atoms with Gasteiger partial charge in [0.05, 0.1) is 12.2 Å². The van der Waals surface area contributed by atoms with E-state index in [0.717, 1.165) is 30.8 Å². The van der Waals surface area contributed by atoms with Gasteiger partial charge in [0.2, 0.25) is 5.91 Å². The minimum Gasteiger partial charge on any atom is -0.343 e. The molecule has 2 N–H and O–H groups in total. The maximum Gasteiger partial charge on any atom is 0.251 e. The van der Waals surface area contributed by atoms with Gasteiger partial charge in [0.1, 0.15) is 0 Å². The second-order valence-corrected chi connectivity index (χ2v) is 7.01. The molecule has 7 heteroatoms. The van der Waals surface area contributed by atoms with E-state index in [0.29, 0.717) is 10.7 Å². The Bertz CT molecular complexity index is 772. The van der Waals surface area contributed by atoms with E-state index in [9.17, 15) is 9.59 Å². The second kappa shape index (κ2) is 7.11. The van der Waals surface area contributed by atoms with E-state index in [1.807, 2.05) is 19.1 Å². The van der Waals surface area contributed by atoms with Gasteiger partial charge in [0.25, 0.3) is 5.91 Å². The molecule has 0 saturated carbocycles. The largest absolute Gasteiger partial charge is 0.343 e. The number of hydrogen-bond donors (Lipinski definition) is 2. The molecule has 2 amide bonds. The van der Waals surface area contributed by atoms with Crippen LogP contribution in [0.2, 0.25) is 0 Å². The monoisotopic (exact) mass is 344 g/mol. The fraction of sp³-hybridized carbons (Fsp3) is 0.353. The second-order valence-electron chi connectivity index (χ2n) is 5.92. The zero-order valence-corrected chi connectivity index (χ0v) is 14.6. The summed E-state index contributed by atoms with van der Waals surface area (Å²) in [7, 11) is 2.07. The highest BCUT2D eigenvalue weighted by molar-refractivity contribution is 7.15. The van der Waals surface area contributed by atoms with Crippen LogP contribution in [-0.4, -0.2) is 41.8 Å². The standard InChI is InChI=1S/C17H20N4O2S/c1-11-5-3-4-6-12(11)16(23)18-9-15(22)20-17-19-13-7-8-21(2)10-14(13)24-17/h3-6H,7-10H2,1-2H3,(H,18,23)(H,19,20,22). The number of nitrogens with one attached hydrogen (secondary N) is 2. The molecule has 1 aromatic heterocycles. The minimum atomic E-state index is -0.267. The summed E-state index contributed by atoms with van der Waals surface area (Å²) in [6, 6.07) is 7.29. The maximum absolute atomic E-state index is 12.1. The first kappa shape index (κ1) is 16.6. The molecule has 3 rings (SSSR count). The molecule has 1 aliphatic rings. The number of carbonyl (C=O) groups is 2. The molecular formula is C17H20N4O2S. The van der Waals surface area contributed by atoms with Crippen LogP contribution in [0.3, 0.4) is 0 Å². The molecule has 0 radical (unpaired) electrons. The van der Waals surface area contributed by atoms with Crippen molar-refractivity contribution in [3.05, 3.63) is 46.0 Å². The van der Waals surface area contributed by atoms with Crippen LogP contribution in [0.5, 0.6) is 0 Å². The number of benzene rings is 1. The molecule has 1 aromatic carbocycles. The van der Waals surface area contributed by atoms with E-state index >= 15 is 0 Å². The Labute approximate surface area is 144 Å². The fourth-order valence-electron chi connectivity index (χ4n) is 2.62. The van der Waals surface area contributed by atoms with Crippen LogP contribution in [0.15, 0.2) is 24.3 Å². The fourth-order valence-corrected chi connectivity index (χ4v) is 3.73. The predicted octanol–water partition coefficient (Wildman–Crippen LogP) is 1.81. The summed E-state index contributed by atoms with van der Waals surface area (Å²) in [6.07, 6.45) is 0.905. The Hall–Kier alpha value is -2.25. The van der Waals surface area contributed by atoms with Gasteiger partial charge >= 0.3 is 0 Å². The van der Waals surface area contributed by atoms with Gasteiger partial charge in [-0.1, -0.05) is 18.2 Å². The first-order valence-electron chi connectivity index (χ1n) is 7.83. The molecular weight excluding hydrogens is 324 g/mol. The van der Waals surface area contributed by atoms with Gasteiger partial charge in [-0.05, 0) is 25.6 Å². The molecule has 0 atom stereocenters. The average molecular weight is 344 g/mol. The molecule has 2 heterocycles. The zero-order valence-electron chi connectivity index (χ0n) is 13.8. The van der Waals surface area contributed by atoms with Crippen molar-refractivity contribution in [3.63, 3.8) is 0 Å². The zero-order chi connectivity index (χ0) is 17.1. The van der Waals surface area contributed by atoms with Crippen molar-refractivity contribution in [2.45, 2.75) is 19.9 Å². The smallest absolute Gasteiger partial charge is 0.251 e. The lowest BCUT2D eigenvalue weighted by Gasteiger charge is -2.20. The number of rotatable bonds is 4. The van der Waals surface area contributed by atoms with Gasteiger partial charge in [0, 0.05) is 30.0 Å². The number of thiazole rings is 1. The number of anilines is 1. The Morgan fingerprint density at radius 2 is 2.12 bits per heavy atom. The van der Waals surface area contributed by atoms with E-state index in [2.05, 4.69) is 27.6 Å². The number of aryl methyl sites for hydroxylation is 1. The number of aromatic nitrogens is 1. The third kappa shape index (κ3) is 3.80. The van der Waals surface area contributed by atoms with E-state index in [4.69, 9.17) is 0 Å². The highest BCUT2D eigenvalue weighted by atomic mass is 32.1. The average Bonchev–Trinajstić information content (AvgIpc) is 2.94. The van der Waals surface area contributed by atoms with Crippen LogP contribution in [0.1, 0.15) is 26.5 Å². The lowest BCUT2D eigenvalue weighted by molar-refractivity contribution is -0.115. The molecule has 0 unspecified atom stereocenters. The van der Waals surface area contributed by atoms with Gasteiger partial charge in [-0.15, -0.1) is 11.3 Å². The SMILES string of the molecule is Cc1ccccc1C(=O)NCC(=O)Nc1nc2c(s1)CN(C)CC2. The summed E-state index contributed by atoms with van der Waals surface area (Å²) in [5.41, 5.74) is 2.53. The van der Waals surface area contributed by atoms with Gasteiger partial charge in [-0.2, -0.15) is 0 Å². The van der Waals surface area contributed by atoms with Gasteiger partial charge < -0.3 is 15.5 Å². The van der Waals surface area contributed by atoms with Crippen molar-refractivity contribution in [1.29, 1.82) is 0 Å². The molecule has 6 nitrogen and oxygen atoms in total. The number of carbonyl (C=O) groups excluding carboxylic acids is 2. The topological polar surface area (TPSA) is 74.3 Å². The van der Waals surface area contributed by atoms with E-state index in [1.165, 1.54) is 16.2 Å². The molecule has 126 valence electrons. The van der Waals surface area contributed by atoms with Crippen LogP contribution >= 0.6 is 11.3 Å². The van der Waals surface area contributed by atoms with Crippen LogP contribution in [0.25, 0.3) is 0 Å². The summed E-state index contributed by atoms with van der Waals surface area (Å²) < 4.78 is 0. The molecule has 0 bridgehead atoms. The van der Waals surface area contributed by atoms with Crippen LogP contribution in [-0.2, 0) is 17.8 Å². The molecule has 1 aliphatic heterocycles. The Balaban J connectivity index is 1.55. The molecule has 2 aromatic rings. The van der Waals surface area contributed by atoms with Crippen LogP contribution in [0.4, 0.5) is 5.13 Å². The molecule has 24 heavy (non-hydrogen) atoms. The number of hydrogen-bond acceptors (Lipinski definition) is 5. The molecule has 0 saturated heterocycles. The summed E-state index contributed by atoms with van der Waals surface area (Å²) in [5, 5.41) is 6.02. The van der Waals surface area contributed by atoms with E-state index in [-0.39, 0.29) is 18.4 Å². The summed E-state index contributed by atoms with van der Waals surface area (Å²) >= 11 is 1.50. The Kier molecular flexibility index (Phi) is 4.92. The summed E-state index contributed by atoms with van der Waals surface area (Å²) in [6.45, 7) is 3.65. The van der Waals surface area contributed by atoms with E-state index in [1.54, 1.807) is 12.1 Å². The number of amides is 2. The first-order valence-corrected chi connectivity index (χ1v) is 8.65. The predicted molar refractivity (Wildman–Crippen MR) is 94.3 cm³/mol. The Morgan fingerprint density at radius 3 is 2.92 bits per heavy atom. The van der Waals surface area contributed by atoms with Gasteiger partial charge in [-0.25, -0.2) is 4.98 Å². The number of nitrogens with zero attached hydrogens (tertiary/aromatic N) is 2. The van der Waals surface area contributed by atoms with Crippen LogP contribution in [0, 0.1) is 6.92 Å². The van der Waals surface area contributed by atoms with Crippen molar-refractivity contribution < 1.29 is 9.59 Å². The van der Waals surface area contributed by atoms with Crippen molar-refractivity contribution in [2.24, 2.45) is 0 Å². The number of fused-ring (bicyclic) bond motifs is 1. The molecule has 0 aliphatic carbocycles. The van der Waals surface area contributed by atoms with Crippen molar-refractivity contribution in [3.8, 4) is 0 Å². The maximum atomic E-state index is 12.1. The normalized spacial score (nSPS) is 14.1. The van der Waals surface area contributed by atoms with Crippen molar-refractivity contribution >= 4 is 28.3 Å². The quantitative estimate of drug-likeness (QED) is 0.887. The van der Waals surface area contributed by atoms with Crippen LogP contribution < -0.4 is 10.6 Å². The first-order chi connectivity index (χ1) is 11.5. The molecule has 0 fully saturated rings. The molecule has 0 spiro atoms. The highest BCUT2D eigenvalue weighted by Crippen LogP contribution is 2.27. The van der Waals surface area contributed by atoms with Crippen molar-refractivity contribution in [1.82, 2.24) is 15.2 Å². The Morgan fingerprint density at radius 1 is 1.33 bits per heavy atom.